The van der Waals surface area contributed by atoms with Crippen molar-refractivity contribution in [3.05, 3.63) is 0 Å². The Bertz CT molecular complexity index is 976. The first-order valence-electron chi connectivity index (χ1n) is 11.7. The first-order valence-corrected chi connectivity index (χ1v) is 15.3. The van der Waals surface area contributed by atoms with E-state index in [1.54, 1.807) is 0 Å². The minimum atomic E-state index is -4.11. The summed E-state index contributed by atoms with van der Waals surface area (Å²) in [6, 6.07) is -2.49. The second-order valence-electron chi connectivity index (χ2n) is 9.00. The van der Waals surface area contributed by atoms with Crippen LogP contribution in [0.4, 0.5) is 0 Å². The Balaban J connectivity index is 2.78. The summed E-state index contributed by atoms with van der Waals surface area (Å²) >= 11 is 0. The summed E-state index contributed by atoms with van der Waals surface area (Å²) in [6.45, 7) is -0.192. The van der Waals surface area contributed by atoms with Crippen LogP contribution in [0.2, 0.25) is 0 Å². The number of carbonyl (C=O) groups is 3. The van der Waals surface area contributed by atoms with Gasteiger partial charge in [0.25, 0.3) is 10.2 Å². The third-order valence-electron chi connectivity index (χ3n) is 5.54. The van der Waals surface area contributed by atoms with E-state index in [0.29, 0.717) is 25.5 Å². The Morgan fingerprint density at radius 1 is 1.11 bits per heavy atom. The molecule has 0 saturated heterocycles. The van der Waals surface area contributed by atoms with Crippen molar-refractivity contribution in [3.8, 4) is 0 Å². The third kappa shape index (κ3) is 13.7. The van der Waals surface area contributed by atoms with E-state index < -0.39 is 56.2 Å². The zero-order valence-corrected chi connectivity index (χ0v) is 22.4. The normalized spacial score (nSPS) is 16.5. The minimum Gasteiger partial charge on any atom is -0.370 e. The number of hydrogen-bond acceptors (Lipinski definition) is 8. The van der Waals surface area contributed by atoms with Crippen molar-refractivity contribution in [3.63, 3.8) is 0 Å². The predicted octanol–water partition coefficient (Wildman–Crippen LogP) is -2.26. The Morgan fingerprint density at radius 2 is 1.75 bits per heavy atom. The Labute approximate surface area is 213 Å². The molecule has 1 aliphatic rings. The molecule has 2 amide bonds. The molecule has 2 unspecified atom stereocenters. The molecule has 2 atom stereocenters. The van der Waals surface area contributed by atoms with E-state index >= 15 is 0 Å². The molecule has 0 bridgehead atoms. The molecule has 0 spiro atoms. The summed E-state index contributed by atoms with van der Waals surface area (Å²) in [5.74, 6) is -1.94. The van der Waals surface area contributed by atoms with Gasteiger partial charge in [-0.3, -0.25) is 14.6 Å². The lowest BCUT2D eigenvalue weighted by Crippen LogP contribution is -2.54. The van der Waals surface area contributed by atoms with Gasteiger partial charge in [0.15, 0.2) is 5.96 Å². The maximum absolute atomic E-state index is 13.0. The molecule has 0 radical (unpaired) electrons. The number of sulfone groups is 1. The van der Waals surface area contributed by atoms with E-state index in [4.69, 9.17) is 11.5 Å². The number of hydrogen-bond donors (Lipinski definition) is 5. The van der Waals surface area contributed by atoms with E-state index in [1.165, 1.54) is 7.05 Å². The fraction of sp³-hybridized carbons (Fsp3) is 0.800. The van der Waals surface area contributed by atoms with Gasteiger partial charge in [-0.2, -0.15) is 17.9 Å². The third-order valence-corrected chi connectivity index (χ3v) is 7.75. The summed E-state index contributed by atoms with van der Waals surface area (Å²) in [4.78, 5) is 41.4. The van der Waals surface area contributed by atoms with Crippen LogP contribution < -0.4 is 26.2 Å². The minimum absolute atomic E-state index is 0.0863. The highest BCUT2D eigenvalue weighted by atomic mass is 32.2. The van der Waals surface area contributed by atoms with Gasteiger partial charge in [-0.1, -0.05) is 19.3 Å². The molecule has 1 saturated carbocycles. The van der Waals surface area contributed by atoms with Gasteiger partial charge >= 0.3 is 0 Å². The number of guanidine groups is 1. The summed E-state index contributed by atoms with van der Waals surface area (Å²) in [5, 5.41) is 2.48. The van der Waals surface area contributed by atoms with E-state index in [0.717, 1.165) is 30.4 Å². The van der Waals surface area contributed by atoms with E-state index in [-0.39, 0.29) is 31.4 Å². The topological polar surface area (TPSA) is 223 Å². The SMILES string of the molecule is CN(CC(=O)NC(C=O)CCCN=C(N)N)C(=O)C(CCS(C)(=O)=O)NS(=O)(=O)NC1CCCCC1. The van der Waals surface area contributed by atoms with Crippen molar-refractivity contribution in [1.29, 1.82) is 0 Å². The number of carbonyl (C=O) groups excluding carboxylic acids is 3. The second kappa shape index (κ2) is 15.1. The Morgan fingerprint density at radius 3 is 2.31 bits per heavy atom. The van der Waals surface area contributed by atoms with Gasteiger partial charge in [0.1, 0.15) is 22.2 Å². The van der Waals surface area contributed by atoms with E-state index in [9.17, 15) is 31.2 Å². The molecule has 7 N–H and O–H groups in total. The number of nitrogens with one attached hydrogen (secondary N) is 3. The fourth-order valence-electron chi connectivity index (χ4n) is 3.73. The lowest BCUT2D eigenvalue weighted by atomic mass is 9.96. The molecule has 1 fully saturated rings. The van der Waals surface area contributed by atoms with Crippen LogP contribution in [0, 0.1) is 0 Å². The standard InChI is InChI=1S/C20H39N7O7S2/c1-27(13-18(29)24-16(14-28)9-6-11-23-20(21)22)19(30)17(10-12-35(2,31)32)26-36(33,34)25-15-7-4-3-5-8-15/h14-17,25-26H,3-13H2,1-2H3,(H,24,29)(H4,21,22,23). The fourth-order valence-corrected chi connectivity index (χ4v) is 5.73. The number of rotatable bonds is 16. The van der Waals surface area contributed by atoms with Gasteiger partial charge in [0, 0.05) is 25.9 Å². The molecule has 1 rings (SSSR count). The largest absolute Gasteiger partial charge is 0.370 e. The van der Waals surface area contributed by atoms with E-state index in [1.807, 2.05) is 0 Å². The summed E-state index contributed by atoms with van der Waals surface area (Å²) in [6.07, 6.45) is 6.07. The molecule has 0 aromatic rings. The molecular weight excluding hydrogens is 514 g/mol. The van der Waals surface area contributed by atoms with Crippen molar-refractivity contribution in [2.24, 2.45) is 16.5 Å². The van der Waals surface area contributed by atoms with Gasteiger partial charge in [-0.15, -0.1) is 0 Å². The molecule has 14 nitrogen and oxygen atoms in total. The quantitative estimate of drug-likeness (QED) is 0.0601. The van der Waals surface area contributed by atoms with Gasteiger partial charge in [-0.25, -0.2) is 8.42 Å². The summed E-state index contributed by atoms with van der Waals surface area (Å²) in [7, 11) is -6.32. The van der Waals surface area contributed by atoms with Gasteiger partial charge in [0.2, 0.25) is 11.8 Å². The summed E-state index contributed by atoms with van der Waals surface area (Å²) < 4.78 is 53.4. The van der Waals surface area contributed by atoms with Crippen LogP contribution in [-0.4, -0.2) is 96.1 Å². The van der Waals surface area contributed by atoms with Gasteiger partial charge < -0.3 is 26.5 Å². The predicted molar refractivity (Wildman–Crippen MR) is 136 cm³/mol. The maximum Gasteiger partial charge on any atom is 0.277 e. The highest BCUT2D eigenvalue weighted by molar-refractivity contribution is 7.90. The number of aldehydes is 1. The molecule has 0 heterocycles. The van der Waals surface area contributed by atoms with Crippen LogP contribution in [0.25, 0.3) is 0 Å². The number of nitrogens with zero attached hydrogens (tertiary/aromatic N) is 2. The van der Waals surface area contributed by atoms with Crippen LogP contribution in [0.15, 0.2) is 4.99 Å². The van der Waals surface area contributed by atoms with Crippen molar-refractivity contribution in [2.75, 3.05) is 32.1 Å². The van der Waals surface area contributed by atoms with Crippen LogP contribution in [-0.2, 0) is 34.4 Å². The van der Waals surface area contributed by atoms with E-state index in [2.05, 4.69) is 19.8 Å². The van der Waals surface area contributed by atoms with Gasteiger partial charge in [-0.05, 0) is 32.1 Å². The van der Waals surface area contributed by atoms with Crippen LogP contribution in [0.3, 0.4) is 0 Å². The average molecular weight is 554 g/mol. The molecule has 0 aliphatic heterocycles. The summed E-state index contributed by atoms with van der Waals surface area (Å²) in [5.41, 5.74) is 10.5. The Kier molecular flexibility index (Phi) is 13.3. The molecule has 208 valence electrons. The van der Waals surface area contributed by atoms with Crippen molar-refractivity contribution < 1.29 is 31.2 Å². The lowest BCUT2D eigenvalue weighted by Gasteiger charge is -2.27. The smallest absolute Gasteiger partial charge is 0.277 e. The first kappa shape index (κ1) is 31.7. The van der Waals surface area contributed by atoms with Gasteiger partial charge in [0.05, 0.1) is 18.3 Å². The van der Waals surface area contributed by atoms with Crippen molar-refractivity contribution >= 4 is 44.1 Å². The number of aliphatic imine (C=N–C) groups is 1. The average Bonchev–Trinajstić information content (AvgIpc) is 2.77. The molecule has 36 heavy (non-hydrogen) atoms. The highest BCUT2D eigenvalue weighted by Crippen LogP contribution is 2.18. The molecule has 1 aliphatic carbocycles. The number of likely N-dealkylation sites (N-methyl/N-ethyl adjacent to an activating group) is 1. The van der Waals surface area contributed by atoms with Crippen LogP contribution in [0.5, 0.6) is 0 Å². The zero-order valence-electron chi connectivity index (χ0n) is 20.8. The molecule has 16 heteroatoms. The van der Waals surface area contributed by atoms with Crippen LogP contribution in [0.1, 0.15) is 51.4 Å². The molecule has 0 aromatic heterocycles. The first-order chi connectivity index (χ1) is 16.7. The van der Waals surface area contributed by atoms with Crippen molar-refractivity contribution in [1.82, 2.24) is 19.7 Å². The van der Waals surface area contributed by atoms with Crippen LogP contribution >= 0.6 is 0 Å². The molecular formula is C20H39N7O7S2. The van der Waals surface area contributed by atoms with Crippen molar-refractivity contribution in [2.45, 2.75) is 69.5 Å². The maximum atomic E-state index is 13.0. The monoisotopic (exact) mass is 553 g/mol. The number of amides is 2. The Hall–Kier alpha value is -2.30. The number of nitrogens with two attached hydrogens (primary N) is 2. The molecule has 0 aromatic carbocycles. The lowest BCUT2D eigenvalue weighted by molar-refractivity contribution is -0.136. The second-order valence-corrected chi connectivity index (χ2v) is 12.7. The highest BCUT2D eigenvalue weighted by Gasteiger charge is 2.30. The zero-order chi connectivity index (χ0) is 27.4.